The molecule has 0 fully saturated rings. The van der Waals surface area contributed by atoms with Crippen LogP contribution in [-0.4, -0.2) is 0 Å². The van der Waals surface area contributed by atoms with E-state index in [0.717, 1.165) is 0 Å². The van der Waals surface area contributed by atoms with Crippen LogP contribution in [0, 0.1) is 0 Å². The van der Waals surface area contributed by atoms with E-state index in [0.29, 0.717) is 0 Å². The quantitative estimate of drug-likeness (QED) is 0.128. The maximum Gasteiger partial charge on any atom is -0.00199 e. The second-order valence-corrected chi connectivity index (χ2v) is 14.3. The minimum Gasteiger partial charge on any atom is -0.0622 e. The molecule has 0 amide bonds. The molecule has 0 radical (unpaired) electrons. The van der Waals surface area contributed by atoms with E-state index in [1.807, 2.05) is 0 Å². The first-order valence-electron chi connectivity index (χ1n) is 18.8. The summed E-state index contributed by atoms with van der Waals surface area (Å²) < 4.78 is 0. The monoisotopic (exact) mass is 682 g/mol. The van der Waals surface area contributed by atoms with Crippen LogP contribution in [0.25, 0.3) is 109 Å². The second kappa shape index (κ2) is 12.3. The van der Waals surface area contributed by atoms with Crippen molar-refractivity contribution in [2.45, 2.75) is 0 Å². The van der Waals surface area contributed by atoms with Gasteiger partial charge >= 0.3 is 0 Å². The number of fused-ring (bicyclic) bond motifs is 9. The van der Waals surface area contributed by atoms with Crippen molar-refractivity contribution in [1.82, 2.24) is 0 Å². The fourth-order valence-corrected chi connectivity index (χ4v) is 9.05. The van der Waals surface area contributed by atoms with Gasteiger partial charge in [-0.2, -0.15) is 0 Å². The predicted octanol–water partition coefficient (Wildman–Crippen LogP) is 15.3. The first kappa shape index (κ1) is 30.6. The van der Waals surface area contributed by atoms with Crippen LogP contribution in [-0.2, 0) is 0 Å². The van der Waals surface area contributed by atoms with E-state index in [9.17, 15) is 0 Å². The highest BCUT2D eigenvalue weighted by atomic mass is 14.2. The molecule has 0 saturated heterocycles. The van der Waals surface area contributed by atoms with Gasteiger partial charge in [-0.3, -0.25) is 0 Å². The Balaban J connectivity index is 1.25. The third-order valence-electron chi connectivity index (χ3n) is 11.4. The Labute approximate surface area is 314 Å². The van der Waals surface area contributed by atoms with Crippen molar-refractivity contribution >= 4 is 64.6 Å². The van der Waals surface area contributed by atoms with Crippen LogP contribution in [0.3, 0.4) is 0 Å². The number of hydrogen-bond donors (Lipinski definition) is 0. The van der Waals surface area contributed by atoms with Crippen LogP contribution < -0.4 is 0 Å². The molecule has 0 bridgehead atoms. The Morgan fingerprint density at radius 2 is 0.630 bits per heavy atom. The molecule has 0 saturated carbocycles. The van der Waals surface area contributed by atoms with E-state index in [1.54, 1.807) is 0 Å². The van der Waals surface area contributed by atoms with Gasteiger partial charge in [0.2, 0.25) is 0 Å². The molecule has 0 heteroatoms. The van der Waals surface area contributed by atoms with E-state index in [4.69, 9.17) is 0 Å². The van der Waals surface area contributed by atoms with Crippen molar-refractivity contribution in [2.75, 3.05) is 0 Å². The van der Waals surface area contributed by atoms with Gasteiger partial charge in [0.15, 0.2) is 0 Å². The fourth-order valence-electron chi connectivity index (χ4n) is 9.05. The number of hydrogen-bond acceptors (Lipinski definition) is 0. The highest BCUT2D eigenvalue weighted by molar-refractivity contribution is 6.26. The van der Waals surface area contributed by atoms with E-state index in [-0.39, 0.29) is 0 Å². The van der Waals surface area contributed by atoms with Crippen LogP contribution in [0.4, 0.5) is 0 Å². The third-order valence-corrected chi connectivity index (χ3v) is 11.4. The van der Waals surface area contributed by atoms with E-state index in [2.05, 4.69) is 206 Å². The molecule has 0 N–H and O–H groups in total. The maximum atomic E-state index is 2.46. The molecule has 11 aromatic carbocycles. The van der Waals surface area contributed by atoms with Gasteiger partial charge in [0.1, 0.15) is 0 Å². The fraction of sp³-hybridized carbons (Fsp3) is 0. The van der Waals surface area contributed by atoms with Gasteiger partial charge in [-0.1, -0.05) is 194 Å². The average Bonchev–Trinajstić information content (AvgIpc) is 3.25. The van der Waals surface area contributed by atoms with Gasteiger partial charge < -0.3 is 0 Å². The summed E-state index contributed by atoms with van der Waals surface area (Å²) in [6.45, 7) is 0. The first-order valence-corrected chi connectivity index (χ1v) is 18.8. The summed E-state index contributed by atoms with van der Waals surface area (Å²) >= 11 is 0. The Kier molecular flexibility index (Phi) is 6.97. The number of rotatable bonds is 4. The largest absolute Gasteiger partial charge is 0.0622 e. The van der Waals surface area contributed by atoms with Crippen LogP contribution in [0.15, 0.2) is 206 Å². The Hall–Kier alpha value is -7.02. The molecule has 0 heterocycles. The Morgan fingerprint density at radius 3 is 1.26 bits per heavy atom. The lowest BCUT2D eigenvalue weighted by molar-refractivity contribution is 1.61. The van der Waals surface area contributed by atoms with E-state index >= 15 is 0 Å². The van der Waals surface area contributed by atoms with Crippen LogP contribution >= 0.6 is 0 Å². The summed E-state index contributed by atoms with van der Waals surface area (Å²) in [6, 6.07) is 76.2. The van der Waals surface area contributed by atoms with Crippen molar-refractivity contribution in [3.8, 4) is 44.5 Å². The Morgan fingerprint density at radius 1 is 0.185 bits per heavy atom. The molecule has 250 valence electrons. The zero-order valence-corrected chi connectivity index (χ0v) is 29.6. The molecule has 0 aromatic heterocycles. The topological polar surface area (TPSA) is 0 Å². The van der Waals surface area contributed by atoms with Crippen molar-refractivity contribution in [1.29, 1.82) is 0 Å². The van der Waals surface area contributed by atoms with Crippen molar-refractivity contribution in [2.24, 2.45) is 0 Å². The summed E-state index contributed by atoms with van der Waals surface area (Å²) in [5.74, 6) is 0. The lowest BCUT2D eigenvalue weighted by atomic mass is 9.82. The van der Waals surface area contributed by atoms with Gasteiger partial charge in [-0.25, -0.2) is 0 Å². The molecule has 0 atom stereocenters. The molecule has 0 spiro atoms. The van der Waals surface area contributed by atoms with Crippen molar-refractivity contribution < 1.29 is 0 Å². The molecular weight excluding hydrogens is 649 g/mol. The third kappa shape index (κ3) is 4.71. The molecule has 11 aromatic rings. The molecule has 0 aliphatic carbocycles. The minimum atomic E-state index is 1.20. The lowest BCUT2D eigenvalue weighted by Gasteiger charge is -2.21. The molecule has 0 unspecified atom stereocenters. The zero-order chi connectivity index (χ0) is 35.6. The van der Waals surface area contributed by atoms with Gasteiger partial charge in [-0.15, -0.1) is 0 Å². The molecule has 0 aliphatic rings. The first-order chi connectivity index (χ1) is 26.8. The molecule has 0 aliphatic heterocycles. The SMILES string of the molecule is c1ccc(-c2c3ccccc3c(-c3cc(-c4ccc5c6ccccc6c6ccccc6c5c4)ccc3-c3cccc4ccccc34)c3ccccc23)cc1. The van der Waals surface area contributed by atoms with Crippen LogP contribution in [0.1, 0.15) is 0 Å². The summed E-state index contributed by atoms with van der Waals surface area (Å²) in [5, 5.41) is 15.3. The smallest absolute Gasteiger partial charge is 0.00199 e. The maximum absolute atomic E-state index is 2.46. The van der Waals surface area contributed by atoms with E-state index in [1.165, 1.54) is 109 Å². The summed E-state index contributed by atoms with van der Waals surface area (Å²) in [4.78, 5) is 0. The molecule has 11 rings (SSSR count). The van der Waals surface area contributed by atoms with Gasteiger partial charge in [0, 0.05) is 0 Å². The second-order valence-electron chi connectivity index (χ2n) is 14.3. The van der Waals surface area contributed by atoms with Crippen molar-refractivity contribution in [3.63, 3.8) is 0 Å². The van der Waals surface area contributed by atoms with E-state index < -0.39 is 0 Å². The highest BCUT2D eigenvalue weighted by Crippen LogP contribution is 2.48. The van der Waals surface area contributed by atoms with Crippen LogP contribution in [0.5, 0.6) is 0 Å². The standard InChI is InChI=1S/C54H34/c1-2-16-36(17-3-1)53-47-24-10-12-26-49(47)54(50-27-13-11-25-48(50)53)52-34-38(30-32-46(52)40-28-14-18-35-15-4-5-19-39(35)40)37-29-31-45-43-22-7-6-20-41(43)42-21-8-9-23-44(42)51(45)33-37/h1-34H. The average molecular weight is 683 g/mol. The van der Waals surface area contributed by atoms with Gasteiger partial charge in [-0.05, 0) is 121 Å². The number of benzene rings is 11. The zero-order valence-electron chi connectivity index (χ0n) is 29.6. The molecule has 0 nitrogen and oxygen atoms in total. The van der Waals surface area contributed by atoms with Crippen molar-refractivity contribution in [3.05, 3.63) is 206 Å². The summed E-state index contributed by atoms with van der Waals surface area (Å²) in [7, 11) is 0. The minimum absolute atomic E-state index is 1.20. The normalized spacial score (nSPS) is 11.7. The predicted molar refractivity (Wildman–Crippen MR) is 233 cm³/mol. The molecule has 54 heavy (non-hydrogen) atoms. The van der Waals surface area contributed by atoms with Crippen LogP contribution in [0.2, 0.25) is 0 Å². The molecular formula is C54H34. The Bertz CT molecular complexity index is 3160. The van der Waals surface area contributed by atoms with Gasteiger partial charge in [0.05, 0.1) is 0 Å². The lowest BCUT2D eigenvalue weighted by Crippen LogP contribution is -1.94. The highest BCUT2D eigenvalue weighted by Gasteiger charge is 2.21. The van der Waals surface area contributed by atoms with Gasteiger partial charge in [0.25, 0.3) is 0 Å². The summed E-state index contributed by atoms with van der Waals surface area (Å²) in [6.07, 6.45) is 0. The summed E-state index contributed by atoms with van der Waals surface area (Å²) in [5.41, 5.74) is 9.90.